The molecule has 2 fully saturated rings. The van der Waals surface area contributed by atoms with Crippen molar-refractivity contribution >= 4 is 11.8 Å². The summed E-state index contributed by atoms with van der Waals surface area (Å²) >= 11 is 0. The van der Waals surface area contributed by atoms with Crippen molar-refractivity contribution in [3.05, 3.63) is 35.4 Å². The predicted molar refractivity (Wildman–Crippen MR) is 96.1 cm³/mol. The zero-order chi connectivity index (χ0) is 18.0. The standard InChI is InChI=1S/C20H28N2O3/c1-15-6-4-5-7-17(15)10-19(24)21-9-8-20(14-25-3)13-22(16(2)23)12-18(20)11-21/h4-7,18H,8-14H2,1-3H3/t18-,20+/m1/s1. The van der Waals surface area contributed by atoms with Crippen LogP contribution in [0.2, 0.25) is 0 Å². The van der Waals surface area contributed by atoms with Crippen LogP contribution in [0, 0.1) is 18.3 Å². The third-order valence-electron chi connectivity index (χ3n) is 5.97. The highest BCUT2D eigenvalue weighted by molar-refractivity contribution is 5.79. The summed E-state index contributed by atoms with van der Waals surface area (Å²) < 4.78 is 5.48. The largest absolute Gasteiger partial charge is 0.384 e. The number of aryl methyl sites for hydroxylation is 1. The van der Waals surface area contributed by atoms with Gasteiger partial charge in [-0.15, -0.1) is 0 Å². The van der Waals surface area contributed by atoms with E-state index in [1.54, 1.807) is 14.0 Å². The van der Waals surface area contributed by atoms with E-state index in [9.17, 15) is 9.59 Å². The lowest BCUT2D eigenvalue weighted by molar-refractivity contribution is -0.135. The molecule has 0 unspecified atom stereocenters. The van der Waals surface area contributed by atoms with Gasteiger partial charge in [-0.05, 0) is 24.5 Å². The van der Waals surface area contributed by atoms with E-state index in [4.69, 9.17) is 4.74 Å². The van der Waals surface area contributed by atoms with Crippen LogP contribution in [0.25, 0.3) is 0 Å². The number of hydrogen-bond acceptors (Lipinski definition) is 3. The van der Waals surface area contributed by atoms with Gasteiger partial charge in [0.1, 0.15) is 0 Å². The van der Waals surface area contributed by atoms with Gasteiger partial charge in [0.05, 0.1) is 13.0 Å². The van der Waals surface area contributed by atoms with Crippen LogP contribution in [0.5, 0.6) is 0 Å². The lowest BCUT2D eigenvalue weighted by Gasteiger charge is -2.43. The molecule has 2 aliphatic rings. The highest BCUT2D eigenvalue weighted by atomic mass is 16.5. The van der Waals surface area contributed by atoms with Crippen LogP contribution in [0.15, 0.2) is 24.3 Å². The molecule has 2 saturated heterocycles. The van der Waals surface area contributed by atoms with Gasteiger partial charge >= 0.3 is 0 Å². The first-order chi connectivity index (χ1) is 11.9. The number of rotatable bonds is 4. The smallest absolute Gasteiger partial charge is 0.227 e. The predicted octanol–water partition coefficient (Wildman–Crippen LogP) is 1.88. The quantitative estimate of drug-likeness (QED) is 0.838. The van der Waals surface area contributed by atoms with E-state index >= 15 is 0 Å². The van der Waals surface area contributed by atoms with E-state index < -0.39 is 0 Å². The number of hydrogen-bond donors (Lipinski definition) is 0. The molecule has 25 heavy (non-hydrogen) atoms. The Labute approximate surface area is 149 Å². The van der Waals surface area contributed by atoms with Gasteiger partial charge in [-0.3, -0.25) is 9.59 Å². The van der Waals surface area contributed by atoms with Crippen molar-refractivity contribution in [1.82, 2.24) is 9.80 Å². The minimum atomic E-state index is -0.000135. The van der Waals surface area contributed by atoms with Crippen LogP contribution in [0.4, 0.5) is 0 Å². The number of ether oxygens (including phenoxy) is 1. The topological polar surface area (TPSA) is 49.9 Å². The van der Waals surface area contributed by atoms with Crippen LogP contribution in [-0.2, 0) is 20.7 Å². The molecule has 0 saturated carbocycles. The minimum Gasteiger partial charge on any atom is -0.384 e. The van der Waals surface area contributed by atoms with E-state index in [0.717, 1.165) is 43.7 Å². The highest BCUT2D eigenvalue weighted by Crippen LogP contribution is 2.43. The summed E-state index contributed by atoms with van der Waals surface area (Å²) in [7, 11) is 1.72. The summed E-state index contributed by atoms with van der Waals surface area (Å²) in [4.78, 5) is 28.5. The van der Waals surface area contributed by atoms with Crippen molar-refractivity contribution in [3.63, 3.8) is 0 Å². The summed E-state index contributed by atoms with van der Waals surface area (Å²) in [6.45, 7) is 7.27. The molecular weight excluding hydrogens is 316 g/mol. The van der Waals surface area contributed by atoms with Crippen LogP contribution < -0.4 is 0 Å². The maximum atomic E-state index is 12.8. The highest BCUT2D eigenvalue weighted by Gasteiger charge is 2.50. The van der Waals surface area contributed by atoms with Gasteiger partial charge in [0.2, 0.25) is 11.8 Å². The molecule has 1 aromatic carbocycles. The van der Waals surface area contributed by atoms with Gasteiger partial charge < -0.3 is 14.5 Å². The fraction of sp³-hybridized carbons (Fsp3) is 0.600. The number of methoxy groups -OCH3 is 1. The first-order valence-corrected chi connectivity index (χ1v) is 9.02. The third-order valence-corrected chi connectivity index (χ3v) is 5.97. The van der Waals surface area contributed by atoms with Gasteiger partial charge in [0.25, 0.3) is 0 Å². The Kier molecular flexibility index (Phi) is 5.13. The average molecular weight is 344 g/mol. The summed E-state index contributed by atoms with van der Waals surface area (Å²) in [6, 6.07) is 8.05. The van der Waals surface area contributed by atoms with E-state index in [1.165, 1.54) is 0 Å². The normalized spacial score (nSPS) is 25.8. The lowest BCUT2D eigenvalue weighted by atomic mass is 9.73. The van der Waals surface area contributed by atoms with Crippen molar-refractivity contribution in [2.24, 2.45) is 11.3 Å². The molecule has 0 aliphatic carbocycles. The molecule has 0 N–H and O–H groups in total. The fourth-order valence-electron chi connectivity index (χ4n) is 4.36. The Morgan fingerprint density at radius 3 is 2.64 bits per heavy atom. The number of benzene rings is 1. The Morgan fingerprint density at radius 1 is 1.24 bits per heavy atom. The van der Waals surface area contributed by atoms with Gasteiger partial charge in [0.15, 0.2) is 0 Å². The molecule has 5 nitrogen and oxygen atoms in total. The molecule has 2 amide bonds. The van der Waals surface area contributed by atoms with E-state index in [0.29, 0.717) is 18.9 Å². The van der Waals surface area contributed by atoms with Gasteiger partial charge in [-0.25, -0.2) is 0 Å². The van der Waals surface area contributed by atoms with Gasteiger partial charge in [-0.2, -0.15) is 0 Å². The van der Waals surface area contributed by atoms with E-state index in [-0.39, 0.29) is 17.2 Å². The van der Waals surface area contributed by atoms with Crippen LogP contribution >= 0.6 is 0 Å². The Morgan fingerprint density at radius 2 is 1.96 bits per heavy atom. The molecule has 5 heteroatoms. The first kappa shape index (κ1) is 17.9. The first-order valence-electron chi connectivity index (χ1n) is 9.02. The van der Waals surface area contributed by atoms with Gasteiger partial charge in [0, 0.05) is 51.5 Å². The summed E-state index contributed by atoms with van der Waals surface area (Å²) in [5, 5.41) is 0. The summed E-state index contributed by atoms with van der Waals surface area (Å²) in [5.74, 6) is 0.593. The zero-order valence-electron chi connectivity index (χ0n) is 15.5. The Bertz CT molecular complexity index is 660. The molecule has 2 heterocycles. The molecule has 1 aromatic rings. The number of nitrogens with zero attached hydrogens (tertiary/aromatic N) is 2. The number of carbonyl (C=O) groups is 2. The van der Waals surface area contributed by atoms with Crippen molar-refractivity contribution in [2.45, 2.75) is 26.7 Å². The zero-order valence-corrected chi connectivity index (χ0v) is 15.5. The maximum Gasteiger partial charge on any atom is 0.227 e. The average Bonchev–Trinajstić information content (AvgIpc) is 2.96. The van der Waals surface area contributed by atoms with Crippen molar-refractivity contribution in [1.29, 1.82) is 0 Å². The molecule has 3 rings (SSSR count). The molecule has 0 spiro atoms. The Hall–Kier alpha value is -1.88. The molecular formula is C20H28N2O3. The SMILES string of the molecule is COC[C@@]12CCN(C(=O)Cc3ccccc3C)C[C@@H]1CN(C(C)=O)C2. The molecule has 0 bridgehead atoms. The van der Waals surface area contributed by atoms with Crippen molar-refractivity contribution in [3.8, 4) is 0 Å². The Balaban J connectivity index is 1.70. The lowest BCUT2D eigenvalue weighted by Crippen LogP contribution is -2.51. The number of amides is 2. The van der Waals surface area contributed by atoms with E-state index in [1.807, 2.05) is 41.0 Å². The van der Waals surface area contributed by atoms with Crippen molar-refractivity contribution < 1.29 is 14.3 Å². The fourth-order valence-corrected chi connectivity index (χ4v) is 4.36. The number of piperidine rings is 1. The number of fused-ring (bicyclic) bond motifs is 1. The second-order valence-electron chi connectivity index (χ2n) is 7.58. The maximum absolute atomic E-state index is 12.8. The summed E-state index contributed by atoms with van der Waals surface area (Å²) in [5.41, 5.74) is 2.25. The minimum absolute atomic E-state index is 0.000135. The molecule has 0 radical (unpaired) electrons. The molecule has 0 aromatic heterocycles. The molecule has 2 atom stereocenters. The summed E-state index contributed by atoms with van der Waals surface area (Å²) in [6.07, 6.45) is 1.35. The molecule has 2 aliphatic heterocycles. The van der Waals surface area contributed by atoms with Crippen LogP contribution in [0.1, 0.15) is 24.5 Å². The third kappa shape index (κ3) is 3.56. The van der Waals surface area contributed by atoms with Gasteiger partial charge in [-0.1, -0.05) is 24.3 Å². The molecule has 136 valence electrons. The second kappa shape index (κ2) is 7.16. The van der Waals surface area contributed by atoms with Crippen molar-refractivity contribution in [2.75, 3.05) is 39.9 Å². The number of likely N-dealkylation sites (tertiary alicyclic amines) is 2. The number of carbonyl (C=O) groups excluding carboxylic acids is 2. The van der Waals surface area contributed by atoms with Crippen LogP contribution in [0.3, 0.4) is 0 Å². The monoisotopic (exact) mass is 344 g/mol. The second-order valence-corrected chi connectivity index (χ2v) is 7.58. The van der Waals surface area contributed by atoms with Crippen LogP contribution in [-0.4, -0.2) is 61.5 Å². The van der Waals surface area contributed by atoms with E-state index in [2.05, 4.69) is 0 Å².